The summed E-state index contributed by atoms with van der Waals surface area (Å²) in [6.45, 7) is 11.5. The summed E-state index contributed by atoms with van der Waals surface area (Å²) in [7, 11) is 0. The van der Waals surface area contributed by atoms with Gasteiger partial charge in [-0.2, -0.15) is 0 Å². The molecule has 0 amide bonds. The second-order valence-corrected chi connectivity index (χ2v) is 7.43. The molecule has 2 atom stereocenters. The minimum atomic E-state index is 0.176. The second-order valence-electron chi connectivity index (χ2n) is 7.43. The molecule has 0 aliphatic carbocycles. The standard InChI is InChI=1S/C18H37NO2/c1-5-6-7-8-9-10-13-20-15-17-12-11-16(21-17)14-19-18(2,3)4/h16-17,19H,5-15H2,1-4H3. The molecule has 0 bridgehead atoms. The number of nitrogens with one attached hydrogen (secondary N) is 1. The van der Waals surface area contributed by atoms with Crippen molar-refractivity contribution in [3.8, 4) is 0 Å². The summed E-state index contributed by atoms with van der Waals surface area (Å²) in [5.74, 6) is 0. The first-order chi connectivity index (χ1) is 10.0. The van der Waals surface area contributed by atoms with Crippen molar-refractivity contribution in [2.24, 2.45) is 0 Å². The van der Waals surface area contributed by atoms with E-state index in [-0.39, 0.29) is 5.54 Å². The van der Waals surface area contributed by atoms with Crippen molar-refractivity contribution in [3.63, 3.8) is 0 Å². The third-order valence-corrected chi connectivity index (χ3v) is 4.00. The van der Waals surface area contributed by atoms with Crippen LogP contribution in [0.15, 0.2) is 0 Å². The van der Waals surface area contributed by atoms with E-state index in [1.165, 1.54) is 38.5 Å². The fourth-order valence-corrected chi connectivity index (χ4v) is 2.67. The molecule has 0 saturated carbocycles. The summed E-state index contributed by atoms with van der Waals surface area (Å²) in [5.41, 5.74) is 0.176. The van der Waals surface area contributed by atoms with E-state index >= 15 is 0 Å². The van der Waals surface area contributed by atoms with E-state index in [0.717, 1.165) is 32.6 Å². The van der Waals surface area contributed by atoms with Gasteiger partial charge in [-0.25, -0.2) is 0 Å². The van der Waals surface area contributed by atoms with Gasteiger partial charge < -0.3 is 14.8 Å². The van der Waals surface area contributed by atoms with E-state index in [2.05, 4.69) is 33.0 Å². The fraction of sp³-hybridized carbons (Fsp3) is 1.00. The lowest BCUT2D eigenvalue weighted by atomic mass is 10.1. The summed E-state index contributed by atoms with van der Waals surface area (Å²) < 4.78 is 11.8. The summed E-state index contributed by atoms with van der Waals surface area (Å²) in [6.07, 6.45) is 10.9. The molecule has 0 spiro atoms. The maximum absolute atomic E-state index is 6.03. The topological polar surface area (TPSA) is 30.5 Å². The zero-order valence-electron chi connectivity index (χ0n) is 14.7. The van der Waals surface area contributed by atoms with Crippen molar-refractivity contribution in [3.05, 3.63) is 0 Å². The van der Waals surface area contributed by atoms with Crippen molar-refractivity contribution in [2.75, 3.05) is 19.8 Å². The lowest BCUT2D eigenvalue weighted by Gasteiger charge is -2.23. The van der Waals surface area contributed by atoms with Gasteiger partial charge in [0.2, 0.25) is 0 Å². The Labute approximate surface area is 132 Å². The zero-order chi connectivity index (χ0) is 15.6. The van der Waals surface area contributed by atoms with Crippen LogP contribution in [0.1, 0.15) is 79.1 Å². The third-order valence-electron chi connectivity index (χ3n) is 4.00. The van der Waals surface area contributed by atoms with Crippen molar-refractivity contribution >= 4 is 0 Å². The minimum absolute atomic E-state index is 0.176. The average molecular weight is 299 g/mol. The first-order valence-electron chi connectivity index (χ1n) is 8.99. The van der Waals surface area contributed by atoms with E-state index in [1.807, 2.05) is 0 Å². The highest BCUT2D eigenvalue weighted by atomic mass is 16.5. The van der Waals surface area contributed by atoms with Crippen molar-refractivity contribution in [2.45, 2.75) is 96.8 Å². The molecular formula is C18H37NO2. The summed E-state index contributed by atoms with van der Waals surface area (Å²) in [5, 5.41) is 3.52. The molecule has 0 radical (unpaired) electrons. The Morgan fingerprint density at radius 1 is 1.00 bits per heavy atom. The number of hydrogen-bond donors (Lipinski definition) is 1. The molecule has 3 nitrogen and oxygen atoms in total. The van der Waals surface area contributed by atoms with Crippen molar-refractivity contribution in [1.29, 1.82) is 0 Å². The van der Waals surface area contributed by atoms with E-state index in [9.17, 15) is 0 Å². The molecule has 1 heterocycles. The Balaban J connectivity index is 1.93. The van der Waals surface area contributed by atoms with Crippen LogP contribution in [0.2, 0.25) is 0 Å². The van der Waals surface area contributed by atoms with Gasteiger partial charge in [0.15, 0.2) is 0 Å². The van der Waals surface area contributed by atoms with Gasteiger partial charge in [-0.3, -0.25) is 0 Å². The monoisotopic (exact) mass is 299 g/mol. The van der Waals surface area contributed by atoms with Gasteiger partial charge in [0.05, 0.1) is 18.8 Å². The van der Waals surface area contributed by atoms with Crippen LogP contribution in [-0.2, 0) is 9.47 Å². The maximum Gasteiger partial charge on any atom is 0.0813 e. The van der Waals surface area contributed by atoms with Crippen molar-refractivity contribution < 1.29 is 9.47 Å². The van der Waals surface area contributed by atoms with Crippen LogP contribution in [0.3, 0.4) is 0 Å². The Kier molecular flexibility index (Phi) is 9.54. The van der Waals surface area contributed by atoms with Gasteiger partial charge in [-0.1, -0.05) is 39.0 Å². The molecule has 1 N–H and O–H groups in total. The third kappa shape index (κ3) is 10.3. The minimum Gasteiger partial charge on any atom is -0.379 e. The van der Waals surface area contributed by atoms with Crippen LogP contribution in [0, 0.1) is 0 Å². The predicted octanol–water partition coefficient (Wildman–Crippen LogP) is 4.30. The Morgan fingerprint density at radius 2 is 1.67 bits per heavy atom. The van der Waals surface area contributed by atoms with Crippen LogP contribution in [0.25, 0.3) is 0 Å². The molecule has 1 aliphatic heterocycles. The number of unbranched alkanes of at least 4 members (excludes halogenated alkanes) is 5. The van der Waals surface area contributed by atoms with E-state index in [1.54, 1.807) is 0 Å². The van der Waals surface area contributed by atoms with Crippen LogP contribution >= 0.6 is 0 Å². The van der Waals surface area contributed by atoms with E-state index in [4.69, 9.17) is 9.47 Å². The number of hydrogen-bond acceptors (Lipinski definition) is 3. The SMILES string of the molecule is CCCCCCCCOCC1CCC(CNC(C)(C)C)O1. The van der Waals surface area contributed by atoms with Gasteiger partial charge in [0, 0.05) is 18.7 Å². The Morgan fingerprint density at radius 3 is 2.38 bits per heavy atom. The molecule has 1 fully saturated rings. The van der Waals surface area contributed by atoms with E-state index < -0.39 is 0 Å². The molecule has 1 saturated heterocycles. The van der Waals surface area contributed by atoms with Crippen LogP contribution in [0.5, 0.6) is 0 Å². The molecule has 0 aromatic heterocycles. The smallest absolute Gasteiger partial charge is 0.0813 e. The number of ether oxygens (including phenoxy) is 2. The molecule has 2 unspecified atom stereocenters. The highest BCUT2D eigenvalue weighted by Gasteiger charge is 2.26. The molecule has 21 heavy (non-hydrogen) atoms. The van der Waals surface area contributed by atoms with Crippen LogP contribution < -0.4 is 5.32 Å². The van der Waals surface area contributed by atoms with Crippen LogP contribution in [0.4, 0.5) is 0 Å². The fourth-order valence-electron chi connectivity index (χ4n) is 2.67. The maximum atomic E-state index is 6.03. The number of rotatable bonds is 11. The summed E-state index contributed by atoms with van der Waals surface area (Å²) in [4.78, 5) is 0. The highest BCUT2D eigenvalue weighted by molar-refractivity contribution is 4.79. The molecule has 1 rings (SSSR count). The second kappa shape index (κ2) is 10.6. The van der Waals surface area contributed by atoms with Crippen molar-refractivity contribution in [1.82, 2.24) is 5.32 Å². The Bertz CT molecular complexity index is 250. The molecule has 0 aromatic rings. The quantitative estimate of drug-likeness (QED) is 0.577. The highest BCUT2D eigenvalue weighted by Crippen LogP contribution is 2.20. The van der Waals surface area contributed by atoms with Gasteiger partial charge in [0.25, 0.3) is 0 Å². The first-order valence-corrected chi connectivity index (χ1v) is 8.99. The Hall–Kier alpha value is -0.120. The first kappa shape index (κ1) is 18.9. The van der Waals surface area contributed by atoms with E-state index in [0.29, 0.717) is 12.2 Å². The zero-order valence-corrected chi connectivity index (χ0v) is 14.7. The lowest BCUT2D eigenvalue weighted by Crippen LogP contribution is -2.41. The summed E-state index contributed by atoms with van der Waals surface area (Å²) >= 11 is 0. The molecular weight excluding hydrogens is 262 g/mol. The molecule has 3 heteroatoms. The van der Waals surface area contributed by atoms with Gasteiger partial charge in [-0.05, 0) is 40.0 Å². The molecule has 1 aliphatic rings. The van der Waals surface area contributed by atoms with Gasteiger partial charge >= 0.3 is 0 Å². The van der Waals surface area contributed by atoms with Crippen LogP contribution in [-0.4, -0.2) is 37.5 Å². The molecule has 126 valence electrons. The summed E-state index contributed by atoms with van der Waals surface area (Å²) in [6, 6.07) is 0. The molecule has 0 aromatic carbocycles. The predicted molar refractivity (Wildman–Crippen MR) is 89.8 cm³/mol. The van der Waals surface area contributed by atoms with Gasteiger partial charge in [0.1, 0.15) is 0 Å². The van der Waals surface area contributed by atoms with Gasteiger partial charge in [-0.15, -0.1) is 0 Å². The average Bonchev–Trinajstić information content (AvgIpc) is 2.87. The largest absolute Gasteiger partial charge is 0.379 e. The normalized spacial score (nSPS) is 22.9. The lowest BCUT2D eigenvalue weighted by molar-refractivity contribution is -0.0163.